The van der Waals surface area contributed by atoms with E-state index in [2.05, 4.69) is 10.1 Å². The molecule has 1 aliphatic heterocycles. The van der Waals surface area contributed by atoms with E-state index in [0.717, 1.165) is 17.6 Å². The first-order chi connectivity index (χ1) is 16.8. The maximum atomic E-state index is 15.5. The van der Waals surface area contributed by atoms with Crippen molar-refractivity contribution in [2.45, 2.75) is 63.9 Å². The number of nitrogens with one attached hydrogen (secondary N) is 2. The number of aliphatic hydroxyl groups excluding tert-OH is 1. The molecule has 2 aromatic rings. The van der Waals surface area contributed by atoms with Gasteiger partial charge >= 0.3 is 13.7 Å². The number of aromatic nitrogens is 2. The fourth-order valence-corrected chi connectivity index (χ4v) is 5.23. The molecule has 3 unspecified atom stereocenters. The normalized spacial score (nSPS) is 26.4. The minimum Gasteiger partial charge on any atom is -0.462 e. The van der Waals surface area contributed by atoms with Crippen molar-refractivity contribution in [3.8, 4) is 5.75 Å². The molecule has 0 radical (unpaired) electrons. The molecular weight excluding hydrogens is 516 g/mol. The predicted octanol–water partition coefficient (Wildman–Crippen LogP) is 3.03. The summed E-state index contributed by atoms with van der Waals surface area (Å²) < 4.78 is 52.0. The number of carbonyl (C=O) groups excluding carboxylic acids is 1. The van der Waals surface area contributed by atoms with Crippen LogP contribution < -0.4 is 15.2 Å². The zero-order valence-electron chi connectivity index (χ0n) is 20.1. The first-order valence-electron chi connectivity index (χ1n) is 11.1. The summed E-state index contributed by atoms with van der Waals surface area (Å²) in [5.41, 5.74) is -2.83. The third-order valence-electron chi connectivity index (χ3n) is 5.26. The van der Waals surface area contributed by atoms with Crippen LogP contribution in [0.5, 0.6) is 5.75 Å². The molecule has 198 valence electrons. The number of rotatable bonds is 10. The molecule has 1 saturated heterocycles. The summed E-state index contributed by atoms with van der Waals surface area (Å²) >= 11 is 5.08. The second-order valence-corrected chi connectivity index (χ2v) is 10.8. The summed E-state index contributed by atoms with van der Waals surface area (Å²) in [6.07, 6.45) is -3.59. The molecule has 0 aliphatic carbocycles. The molecule has 36 heavy (non-hydrogen) atoms. The Morgan fingerprint density at radius 1 is 1.33 bits per heavy atom. The van der Waals surface area contributed by atoms with E-state index in [-0.39, 0.29) is 10.5 Å². The Balaban J connectivity index is 1.80. The van der Waals surface area contributed by atoms with E-state index in [0.29, 0.717) is 0 Å². The Morgan fingerprint density at radius 2 is 2.00 bits per heavy atom. The van der Waals surface area contributed by atoms with Crippen molar-refractivity contribution in [1.29, 1.82) is 0 Å². The zero-order chi connectivity index (χ0) is 26.7. The van der Waals surface area contributed by atoms with Gasteiger partial charge < -0.3 is 19.1 Å². The third-order valence-corrected chi connectivity index (χ3v) is 7.21. The number of para-hydroxylation sites is 1. The summed E-state index contributed by atoms with van der Waals surface area (Å²) in [6, 6.07) is 8.12. The number of benzene rings is 1. The molecule has 0 amide bonds. The monoisotopic (exact) mass is 545 g/mol. The number of carbonyl (C=O) groups is 1. The van der Waals surface area contributed by atoms with Gasteiger partial charge in [0.1, 0.15) is 24.0 Å². The van der Waals surface area contributed by atoms with Gasteiger partial charge in [0.2, 0.25) is 0 Å². The number of halogens is 1. The van der Waals surface area contributed by atoms with Crippen LogP contribution in [0.3, 0.4) is 0 Å². The lowest BCUT2D eigenvalue weighted by molar-refractivity contribution is -0.149. The number of hydrogen-bond donors (Lipinski definition) is 3. The van der Waals surface area contributed by atoms with Gasteiger partial charge in [0.15, 0.2) is 16.7 Å². The van der Waals surface area contributed by atoms with Crippen LogP contribution in [0.15, 0.2) is 47.4 Å². The number of H-pyrrole nitrogens is 1. The number of aromatic amines is 1. The fraction of sp³-hybridized carbons (Fsp3) is 0.500. The molecule has 0 spiro atoms. The SMILES string of the molecule is CC(C)OC(=O)[C@H](C)NP(=O)(OC[C@H]1O[C@@H](n2ccc(=O)[nH]c2=S)C(C)(F)C1O)Oc1ccccc1. The van der Waals surface area contributed by atoms with E-state index < -0.39 is 62.1 Å². The molecule has 1 aromatic heterocycles. The molecule has 0 bridgehead atoms. The standard InChI is InChI=1S/C22H29FN3O8PS/c1-13(2)32-19(29)14(3)25-35(30,34-15-8-6-5-7-9-15)31-12-16-18(28)22(4,23)20(33-16)26-11-10-17(27)24-21(26)36/h5-11,13-14,16,18,20,28H,12H2,1-4H3,(H,25,30)(H,24,27,36)/t14-,16+,18?,20+,22?,35?/m0/s1. The maximum Gasteiger partial charge on any atom is 0.459 e. The summed E-state index contributed by atoms with van der Waals surface area (Å²) in [6.45, 7) is 5.29. The van der Waals surface area contributed by atoms with Gasteiger partial charge in [-0.2, -0.15) is 5.09 Å². The molecule has 1 aromatic carbocycles. The Bertz CT molecular complexity index is 1220. The lowest BCUT2D eigenvalue weighted by Crippen LogP contribution is -2.41. The number of hydrogen-bond acceptors (Lipinski definition) is 9. The van der Waals surface area contributed by atoms with Crippen molar-refractivity contribution < 1.29 is 37.4 Å². The zero-order valence-corrected chi connectivity index (χ0v) is 21.8. The predicted molar refractivity (Wildman–Crippen MR) is 130 cm³/mol. The number of ether oxygens (including phenoxy) is 2. The highest BCUT2D eigenvalue weighted by atomic mass is 32.1. The molecule has 0 saturated carbocycles. The number of alkyl halides is 1. The van der Waals surface area contributed by atoms with Crippen molar-refractivity contribution in [2.24, 2.45) is 0 Å². The van der Waals surface area contributed by atoms with Crippen molar-refractivity contribution in [3.63, 3.8) is 0 Å². The van der Waals surface area contributed by atoms with E-state index in [4.69, 9.17) is 30.7 Å². The quantitative estimate of drug-likeness (QED) is 0.232. The fourth-order valence-electron chi connectivity index (χ4n) is 3.47. The van der Waals surface area contributed by atoms with Crippen LogP contribution >= 0.6 is 20.0 Å². The van der Waals surface area contributed by atoms with Crippen LogP contribution in [0.1, 0.15) is 33.9 Å². The van der Waals surface area contributed by atoms with E-state index >= 15 is 4.39 Å². The van der Waals surface area contributed by atoms with Gasteiger partial charge in [-0.15, -0.1) is 0 Å². The number of esters is 1. The lowest BCUT2D eigenvalue weighted by Gasteiger charge is -2.25. The highest BCUT2D eigenvalue weighted by Gasteiger charge is 2.55. The van der Waals surface area contributed by atoms with Crippen LogP contribution in [-0.2, 0) is 23.4 Å². The van der Waals surface area contributed by atoms with Gasteiger partial charge in [-0.3, -0.25) is 23.7 Å². The highest BCUT2D eigenvalue weighted by Crippen LogP contribution is 2.47. The van der Waals surface area contributed by atoms with Crippen LogP contribution in [0.2, 0.25) is 0 Å². The minimum atomic E-state index is -4.26. The Kier molecular flexibility index (Phi) is 8.86. The van der Waals surface area contributed by atoms with Crippen LogP contribution in [0.4, 0.5) is 4.39 Å². The first kappa shape index (κ1) is 28.2. The molecule has 3 rings (SSSR count). The first-order valence-corrected chi connectivity index (χ1v) is 13.1. The van der Waals surface area contributed by atoms with Gasteiger partial charge in [-0.1, -0.05) is 18.2 Å². The lowest BCUT2D eigenvalue weighted by atomic mass is 9.99. The summed E-state index contributed by atoms with van der Waals surface area (Å²) in [7, 11) is -4.26. The molecule has 2 heterocycles. The van der Waals surface area contributed by atoms with E-state index in [1.165, 1.54) is 25.3 Å². The Hall–Kier alpha value is -2.41. The van der Waals surface area contributed by atoms with Crippen molar-refractivity contribution >= 4 is 25.9 Å². The average Bonchev–Trinajstić information content (AvgIpc) is 3.01. The summed E-state index contributed by atoms with van der Waals surface area (Å²) in [5.74, 6) is -0.509. The van der Waals surface area contributed by atoms with Crippen LogP contribution in [0, 0.1) is 4.77 Å². The molecular formula is C22H29FN3O8PS. The Labute approximate surface area is 212 Å². The number of aliphatic hydroxyl groups is 1. The second kappa shape index (κ2) is 11.3. The third kappa shape index (κ3) is 6.67. The van der Waals surface area contributed by atoms with E-state index in [1.807, 2.05) is 0 Å². The van der Waals surface area contributed by atoms with E-state index in [1.54, 1.807) is 32.0 Å². The summed E-state index contributed by atoms with van der Waals surface area (Å²) in [5, 5.41) is 13.1. The van der Waals surface area contributed by atoms with Gasteiger partial charge in [-0.25, -0.2) is 8.96 Å². The van der Waals surface area contributed by atoms with Gasteiger partial charge in [0.25, 0.3) is 5.56 Å². The van der Waals surface area contributed by atoms with Gasteiger partial charge in [-0.05, 0) is 52.0 Å². The second-order valence-electron chi connectivity index (χ2n) is 8.67. The highest BCUT2D eigenvalue weighted by molar-refractivity contribution is 7.71. The molecule has 1 aliphatic rings. The topological polar surface area (TPSA) is 141 Å². The number of nitrogens with zero attached hydrogens (tertiary/aromatic N) is 1. The minimum absolute atomic E-state index is 0.109. The summed E-state index contributed by atoms with van der Waals surface area (Å²) in [4.78, 5) is 26.1. The molecule has 6 atom stereocenters. The molecule has 11 nitrogen and oxygen atoms in total. The largest absolute Gasteiger partial charge is 0.462 e. The Morgan fingerprint density at radius 3 is 2.61 bits per heavy atom. The van der Waals surface area contributed by atoms with Gasteiger partial charge in [0.05, 0.1) is 12.7 Å². The van der Waals surface area contributed by atoms with Crippen molar-refractivity contribution in [2.75, 3.05) is 6.61 Å². The van der Waals surface area contributed by atoms with Gasteiger partial charge in [0, 0.05) is 12.3 Å². The molecule has 14 heteroatoms. The molecule has 3 N–H and O–H groups in total. The van der Waals surface area contributed by atoms with Crippen molar-refractivity contribution in [3.05, 3.63) is 57.7 Å². The van der Waals surface area contributed by atoms with Crippen LogP contribution in [0.25, 0.3) is 0 Å². The van der Waals surface area contributed by atoms with Crippen molar-refractivity contribution in [1.82, 2.24) is 14.6 Å². The maximum absolute atomic E-state index is 15.5. The smallest absolute Gasteiger partial charge is 0.459 e. The van der Waals surface area contributed by atoms with Crippen LogP contribution in [-0.4, -0.2) is 57.3 Å². The molecule has 1 fully saturated rings. The van der Waals surface area contributed by atoms with E-state index in [9.17, 15) is 19.3 Å². The average molecular weight is 546 g/mol.